The first-order chi connectivity index (χ1) is 9.72. The number of hydrogen-bond donors (Lipinski definition) is 2. The zero-order valence-electron chi connectivity index (χ0n) is 11.6. The third kappa shape index (κ3) is 4.24. The Balaban J connectivity index is 0.000000205. The number of rotatable bonds is 2. The van der Waals surface area contributed by atoms with E-state index in [-0.39, 0.29) is 6.15 Å². The molecular formula is C16H18N2O3. The average molecular weight is 286 g/mol. The van der Waals surface area contributed by atoms with Gasteiger partial charge < -0.3 is 16.6 Å². The van der Waals surface area contributed by atoms with Gasteiger partial charge in [0.2, 0.25) is 0 Å². The van der Waals surface area contributed by atoms with Crippen LogP contribution < -0.4 is 11.9 Å². The van der Waals surface area contributed by atoms with Crippen molar-refractivity contribution in [1.82, 2.24) is 6.15 Å². The molecule has 0 aromatic heterocycles. The van der Waals surface area contributed by atoms with Crippen molar-refractivity contribution in [3.8, 4) is 0 Å². The Kier molecular flexibility index (Phi) is 6.26. The molecule has 3 rings (SSSR count). The number of benzene rings is 2. The van der Waals surface area contributed by atoms with Crippen molar-refractivity contribution < 1.29 is 14.3 Å². The summed E-state index contributed by atoms with van der Waals surface area (Å²) >= 11 is 0. The van der Waals surface area contributed by atoms with Crippen molar-refractivity contribution in [2.24, 2.45) is 5.73 Å². The third-order valence-corrected chi connectivity index (χ3v) is 2.83. The Labute approximate surface area is 123 Å². The Hall–Kier alpha value is -2.50. The van der Waals surface area contributed by atoms with Crippen molar-refractivity contribution in [2.45, 2.75) is 6.42 Å². The Morgan fingerprint density at radius 1 is 0.810 bits per heavy atom. The van der Waals surface area contributed by atoms with Crippen LogP contribution in [0, 0.1) is 0 Å². The van der Waals surface area contributed by atoms with E-state index >= 15 is 0 Å². The van der Waals surface area contributed by atoms with Gasteiger partial charge in [-0.25, -0.2) is 9.59 Å². The number of esters is 2. The van der Waals surface area contributed by atoms with Gasteiger partial charge in [-0.3, -0.25) is 0 Å². The van der Waals surface area contributed by atoms with Crippen LogP contribution in [0.25, 0.3) is 0 Å². The van der Waals surface area contributed by atoms with Gasteiger partial charge in [-0.05, 0) is 30.7 Å². The zero-order chi connectivity index (χ0) is 14.4. The lowest BCUT2D eigenvalue weighted by Gasteiger charge is -1.93. The van der Waals surface area contributed by atoms with Crippen LogP contribution in [0.3, 0.4) is 0 Å². The van der Waals surface area contributed by atoms with Crippen molar-refractivity contribution in [1.29, 1.82) is 0 Å². The topological polar surface area (TPSA) is 104 Å². The lowest BCUT2D eigenvalue weighted by atomic mass is 10.1. The predicted octanol–water partition coefficient (Wildman–Crippen LogP) is 2.35. The number of ether oxygens (including phenoxy) is 1. The monoisotopic (exact) mass is 286 g/mol. The molecule has 0 spiro atoms. The second-order valence-corrected chi connectivity index (χ2v) is 4.25. The molecule has 0 atom stereocenters. The molecule has 2 aromatic rings. The van der Waals surface area contributed by atoms with Gasteiger partial charge in [0.05, 0.1) is 11.1 Å². The molecule has 0 radical (unpaired) electrons. The van der Waals surface area contributed by atoms with Gasteiger partial charge in [0, 0.05) is 0 Å². The number of carbonyl (C=O) groups is 2. The largest absolute Gasteiger partial charge is 0.386 e. The minimum atomic E-state index is -0.550. The van der Waals surface area contributed by atoms with Gasteiger partial charge in [0.25, 0.3) is 0 Å². The normalized spacial score (nSPS) is 11.7. The molecule has 1 heterocycles. The van der Waals surface area contributed by atoms with E-state index in [0.717, 1.165) is 13.0 Å². The summed E-state index contributed by atoms with van der Waals surface area (Å²) in [6.07, 6.45) is 0.987. The van der Waals surface area contributed by atoms with Crippen LogP contribution in [0.4, 0.5) is 0 Å². The molecule has 0 fully saturated rings. The quantitative estimate of drug-likeness (QED) is 0.651. The lowest BCUT2D eigenvalue weighted by molar-refractivity contribution is 0.0444. The summed E-state index contributed by atoms with van der Waals surface area (Å²) in [6, 6.07) is 16.8. The fourth-order valence-corrected chi connectivity index (χ4v) is 1.84. The Bertz CT molecular complexity index is 579. The number of nitrogens with two attached hydrogens (primary N) is 1. The van der Waals surface area contributed by atoms with Gasteiger partial charge in [0.1, 0.15) is 0 Å². The third-order valence-electron chi connectivity index (χ3n) is 2.83. The molecule has 5 heteroatoms. The molecule has 0 aliphatic carbocycles. The minimum absolute atomic E-state index is 0. The van der Waals surface area contributed by atoms with E-state index in [1.165, 1.54) is 5.56 Å². The molecule has 0 bridgehead atoms. The van der Waals surface area contributed by atoms with E-state index in [0.29, 0.717) is 11.1 Å². The molecule has 0 amide bonds. The molecule has 2 aromatic carbocycles. The van der Waals surface area contributed by atoms with Gasteiger partial charge in [-0.1, -0.05) is 42.5 Å². The van der Waals surface area contributed by atoms with E-state index in [2.05, 4.69) is 16.9 Å². The molecule has 0 saturated heterocycles. The van der Waals surface area contributed by atoms with E-state index in [1.807, 2.05) is 18.2 Å². The zero-order valence-corrected chi connectivity index (χ0v) is 11.6. The molecule has 110 valence electrons. The molecule has 1 aliphatic rings. The van der Waals surface area contributed by atoms with Gasteiger partial charge in [-0.15, -0.1) is 0 Å². The Morgan fingerprint density at radius 3 is 1.76 bits per heavy atom. The lowest BCUT2D eigenvalue weighted by Crippen LogP contribution is -2.01. The van der Waals surface area contributed by atoms with Crippen LogP contribution in [0.1, 0.15) is 26.3 Å². The first-order valence-corrected chi connectivity index (χ1v) is 6.32. The fourth-order valence-electron chi connectivity index (χ4n) is 1.84. The molecular weight excluding hydrogens is 268 g/mol. The van der Waals surface area contributed by atoms with Crippen LogP contribution >= 0.6 is 0 Å². The summed E-state index contributed by atoms with van der Waals surface area (Å²) in [4.78, 5) is 21.7. The number of hydrogen-bond acceptors (Lipinski definition) is 5. The van der Waals surface area contributed by atoms with Crippen LogP contribution in [0.5, 0.6) is 0 Å². The van der Waals surface area contributed by atoms with Crippen molar-refractivity contribution in [3.63, 3.8) is 0 Å². The molecule has 1 aliphatic heterocycles. The van der Waals surface area contributed by atoms with Crippen LogP contribution in [0.15, 0.2) is 54.6 Å². The van der Waals surface area contributed by atoms with Crippen molar-refractivity contribution in [2.75, 3.05) is 6.54 Å². The minimum Gasteiger partial charge on any atom is -0.386 e. The summed E-state index contributed by atoms with van der Waals surface area (Å²) in [5.74, 6) is -1.10. The second kappa shape index (κ2) is 7.94. The van der Waals surface area contributed by atoms with E-state index < -0.39 is 11.9 Å². The molecule has 21 heavy (non-hydrogen) atoms. The van der Waals surface area contributed by atoms with Crippen LogP contribution in [-0.2, 0) is 11.2 Å². The molecule has 5 N–H and O–H groups in total. The van der Waals surface area contributed by atoms with Crippen LogP contribution in [-0.4, -0.2) is 18.5 Å². The standard InChI is InChI=1S/C8H11N.C8H4O3.H3N/c9-7-6-8-4-2-1-3-5-8;9-7-5-3-1-2-4-6(5)8(10)11-7;/h1-5H,6-7,9H2;1-4H;1H3. The summed E-state index contributed by atoms with van der Waals surface area (Å²) in [7, 11) is 0. The molecule has 5 nitrogen and oxygen atoms in total. The maximum absolute atomic E-state index is 10.8. The number of fused-ring (bicyclic) bond motifs is 1. The number of carbonyl (C=O) groups excluding carboxylic acids is 2. The van der Waals surface area contributed by atoms with Crippen LogP contribution in [0.2, 0.25) is 0 Å². The van der Waals surface area contributed by atoms with E-state index in [1.54, 1.807) is 24.3 Å². The highest BCUT2D eigenvalue weighted by molar-refractivity contribution is 6.14. The summed E-state index contributed by atoms with van der Waals surface area (Å²) in [5.41, 5.74) is 7.40. The van der Waals surface area contributed by atoms with Gasteiger partial charge in [0.15, 0.2) is 0 Å². The van der Waals surface area contributed by atoms with Crippen molar-refractivity contribution in [3.05, 3.63) is 71.3 Å². The first-order valence-electron chi connectivity index (χ1n) is 6.32. The van der Waals surface area contributed by atoms with Crippen molar-refractivity contribution >= 4 is 11.9 Å². The fraction of sp³-hybridized carbons (Fsp3) is 0.125. The summed E-state index contributed by atoms with van der Waals surface area (Å²) in [6.45, 7) is 0.740. The average Bonchev–Trinajstić information content (AvgIpc) is 2.77. The second-order valence-electron chi connectivity index (χ2n) is 4.25. The molecule has 0 saturated carbocycles. The maximum atomic E-state index is 10.8. The number of cyclic esters (lactones) is 2. The Morgan fingerprint density at radius 2 is 1.29 bits per heavy atom. The SMILES string of the molecule is N.NCCc1ccccc1.O=C1OC(=O)c2ccccc21. The molecule has 0 unspecified atom stereocenters. The van der Waals surface area contributed by atoms with E-state index in [4.69, 9.17) is 5.73 Å². The highest BCUT2D eigenvalue weighted by Crippen LogP contribution is 2.18. The summed E-state index contributed by atoms with van der Waals surface area (Å²) in [5, 5.41) is 0. The first kappa shape index (κ1) is 16.6. The summed E-state index contributed by atoms with van der Waals surface area (Å²) < 4.78 is 4.35. The maximum Gasteiger partial charge on any atom is 0.346 e. The van der Waals surface area contributed by atoms with Gasteiger partial charge in [-0.2, -0.15) is 0 Å². The highest BCUT2D eigenvalue weighted by Gasteiger charge is 2.28. The van der Waals surface area contributed by atoms with Gasteiger partial charge >= 0.3 is 11.9 Å². The highest BCUT2D eigenvalue weighted by atomic mass is 16.6. The smallest absolute Gasteiger partial charge is 0.346 e. The predicted molar refractivity (Wildman–Crippen MR) is 80.4 cm³/mol. The van der Waals surface area contributed by atoms with E-state index in [9.17, 15) is 9.59 Å².